The van der Waals surface area contributed by atoms with Crippen molar-refractivity contribution in [3.63, 3.8) is 0 Å². The van der Waals surface area contributed by atoms with Crippen LogP contribution < -0.4 is 0 Å². The topological polar surface area (TPSA) is 36.9 Å². The molecule has 1 heterocycles. The quantitative estimate of drug-likeness (QED) is 0.219. The molecule has 8 unspecified atom stereocenters. The van der Waals surface area contributed by atoms with Crippen LogP contribution in [0.3, 0.4) is 0 Å². The zero-order valence-electron chi connectivity index (χ0n) is 48.4. The molecule has 1 aliphatic rings. The van der Waals surface area contributed by atoms with Gasteiger partial charge in [-0.15, -0.1) is 0 Å². The molecule has 0 aromatic carbocycles. The Balaban J connectivity index is 3.75. The fourth-order valence-electron chi connectivity index (χ4n) is 12.5. The van der Waals surface area contributed by atoms with Crippen molar-refractivity contribution in [3.05, 3.63) is 0 Å². The fourth-order valence-corrected chi connectivity index (χ4v) is 12.5. The van der Waals surface area contributed by atoms with E-state index >= 15 is 0 Å². The zero-order chi connectivity index (χ0) is 49.6. The first-order valence-corrected chi connectivity index (χ1v) is 27.6. The van der Waals surface area contributed by atoms with E-state index in [2.05, 4.69) is 166 Å². The molecule has 0 bridgehead atoms. The SMILES string of the molecule is CCCC1C(CC)C(C(C)(C)C(C)(C)C)CCCOCOCCCC(C(C)(C)C(C)(C)C)C(CC)C(CCC)C(C(C)(C)C(C)(C)C)CCCOCOCCCC1C(C)(C)C(C)(C)C. The van der Waals surface area contributed by atoms with Crippen LogP contribution in [0.4, 0.5) is 0 Å². The van der Waals surface area contributed by atoms with E-state index in [1.54, 1.807) is 0 Å². The van der Waals surface area contributed by atoms with Crippen LogP contribution in [-0.2, 0) is 18.9 Å². The van der Waals surface area contributed by atoms with Crippen molar-refractivity contribution in [1.29, 1.82) is 0 Å². The monoisotopic (exact) mass is 905 g/mol. The summed E-state index contributed by atoms with van der Waals surface area (Å²) in [7, 11) is 0. The Hall–Kier alpha value is -0.160. The van der Waals surface area contributed by atoms with Crippen molar-refractivity contribution in [2.45, 2.75) is 256 Å². The van der Waals surface area contributed by atoms with Crippen LogP contribution in [0.1, 0.15) is 256 Å². The Labute approximate surface area is 404 Å². The molecule has 64 heavy (non-hydrogen) atoms. The number of rotatable bonds is 10. The average Bonchev–Trinajstić information content (AvgIpc) is 3.15. The van der Waals surface area contributed by atoms with Gasteiger partial charge in [-0.25, -0.2) is 0 Å². The summed E-state index contributed by atoms with van der Waals surface area (Å²) >= 11 is 0. The lowest BCUT2D eigenvalue weighted by Crippen LogP contribution is -2.48. The van der Waals surface area contributed by atoms with E-state index < -0.39 is 0 Å². The normalized spacial score (nSPS) is 28.5. The van der Waals surface area contributed by atoms with Crippen LogP contribution in [0, 0.1) is 90.7 Å². The van der Waals surface area contributed by atoms with E-state index in [9.17, 15) is 0 Å². The summed E-state index contributed by atoms with van der Waals surface area (Å²) < 4.78 is 25.5. The van der Waals surface area contributed by atoms with Crippen molar-refractivity contribution in [3.8, 4) is 0 Å². The summed E-state index contributed by atoms with van der Waals surface area (Å²) in [5.41, 5.74) is 1.42. The standard InChI is InChI=1S/C60H120O4/c1-25-33-47-45(27-3)49(57(17,18)53(5,6)7)35-29-39-61-43-62-40-30-36-50(58(19,20)54(8,9)10)46(28-4)48(34-26-2)52(60(23,24)56(14,15)16)38-32-42-64-44-63-41-31-37-51(47)59(21,22)55(11,12)13/h45-52H,25-44H2,1-24H3. The van der Waals surface area contributed by atoms with Crippen LogP contribution >= 0.6 is 0 Å². The maximum atomic E-state index is 6.39. The minimum Gasteiger partial charge on any atom is -0.355 e. The molecule has 8 atom stereocenters. The summed E-state index contributed by atoms with van der Waals surface area (Å²) in [5.74, 6) is 4.97. The molecular weight excluding hydrogens is 785 g/mol. The van der Waals surface area contributed by atoms with E-state index in [-0.39, 0.29) is 43.3 Å². The minimum absolute atomic E-state index is 0.169. The molecule has 4 heteroatoms. The molecule has 1 saturated heterocycles. The summed E-state index contributed by atoms with van der Waals surface area (Å²) in [5, 5.41) is 0. The van der Waals surface area contributed by atoms with Crippen molar-refractivity contribution in [2.75, 3.05) is 40.0 Å². The van der Waals surface area contributed by atoms with Gasteiger partial charge in [0.2, 0.25) is 0 Å². The third-order valence-electron chi connectivity index (χ3n) is 20.3. The van der Waals surface area contributed by atoms with Gasteiger partial charge in [0.15, 0.2) is 0 Å². The van der Waals surface area contributed by atoms with Crippen molar-refractivity contribution in [2.24, 2.45) is 90.7 Å². The molecule has 0 radical (unpaired) electrons. The van der Waals surface area contributed by atoms with E-state index in [1.807, 2.05) is 0 Å². The molecular formula is C60H120O4. The second kappa shape index (κ2) is 26.2. The predicted molar refractivity (Wildman–Crippen MR) is 282 cm³/mol. The minimum atomic E-state index is 0.169. The zero-order valence-corrected chi connectivity index (χ0v) is 48.4. The highest BCUT2D eigenvalue weighted by atomic mass is 16.7. The maximum absolute atomic E-state index is 6.39. The van der Waals surface area contributed by atoms with Gasteiger partial charge in [-0.05, 0) is 142 Å². The van der Waals surface area contributed by atoms with Crippen molar-refractivity contribution in [1.82, 2.24) is 0 Å². The van der Waals surface area contributed by atoms with Crippen LogP contribution in [0.15, 0.2) is 0 Å². The molecule has 0 saturated carbocycles. The molecule has 0 aliphatic carbocycles. The highest BCUT2D eigenvalue weighted by molar-refractivity contribution is 5.00. The Morgan fingerprint density at radius 2 is 0.516 bits per heavy atom. The lowest BCUT2D eigenvalue weighted by Gasteiger charge is -2.55. The van der Waals surface area contributed by atoms with E-state index in [0.717, 1.165) is 52.1 Å². The molecule has 1 aliphatic heterocycles. The number of hydrogen-bond donors (Lipinski definition) is 0. The highest BCUT2D eigenvalue weighted by Gasteiger charge is 2.52. The first-order valence-electron chi connectivity index (χ1n) is 27.6. The van der Waals surface area contributed by atoms with E-state index in [0.29, 0.717) is 60.9 Å². The Morgan fingerprint density at radius 1 is 0.312 bits per heavy atom. The van der Waals surface area contributed by atoms with Gasteiger partial charge in [0.05, 0.1) is 0 Å². The fraction of sp³-hybridized carbons (Fsp3) is 1.00. The summed E-state index contributed by atoms with van der Waals surface area (Å²) in [6.07, 6.45) is 16.6. The Morgan fingerprint density at radius 3 is 0.688 bits per heavy atom. The van der Waals surface area contributed by atoms with E-state index in [4.69, 9.17) is 18.9 Å². The molecule has 384 valence electrons. The Kier molecular flexibility index (Phi) is 25.3. The molecule has 0 spiro atoms. The molecule has 4 nitrogen and oxygen atoms in total. The molecule has 1 rings (SSSR count). The van der Waals surface area contributed by atoms with Crippen LogP contribution in [-0.4, -0.2) is 40.0 Å². The van der Waals surface area contributed by atoms with Crippen LogP contribution in [0.2, 0.25) is 0 Å². The summed E-state index contributed by atoms with van der Waals surface area (Å²) in [6.45, 7) is 64.2. The maximum Gasteiger partial charge on any atom is 0.146 e. The Bertz CT molecular complexity index is 1140. The summed E-state index contributed by atoms with van der Waals surface area (Å²) in [4.78, 5) is 0. The van der Waals surface area contributed by atoms with Gasteiger partial charge >= 0.3 is 0 Å². The first kappa shape index (κ1) is 61.9. The van der Waals surface area contributed by atoms with Crippen molar-refractivity contribution < 1.29 is 18.9 Å². The second-order valence-electron chi connectivity index (χ2n) is 27.8. The van der Waals surface area contributed by atoms with Gasteiger partial charge in [-0.2, -0.15) is 0 Å². The predicted octanol–water partition coefficient (Wildman–Crippen LogP) is 18.7. The van der Waals surface area contributed by atoms with Gasteiger partial charge < -0.3 is 18.9 Å². The van der Waals surface area contributed by atoms with Crippen LogP contribution in [0.25, 0.3) is 0 Å². The number of hydrogen-bond acceptors (Lipinski definition) is 4. The first-order chi connectivity index (χ1) is 29.2. The third kappa shape index (κ3) is 16.5. The van der Waals surface area contributed by atoms with Crippen LogP contribution in [0.5, 0.6) is 0 Å². The number of ether oxygens (including phenoxy) is 4. The lowest BCUT2D eigenvalue weighted by atomic mass is 9.50. The molecule has 0 amide bonds. The van der Waals surface area contributed by atoms with Gasteiger partial charge in [0.25, 0.3) is 0 Å². The van der Waals surface area contributed by atoms with Gasteiger partial charge in [-0.1, -0.05) is 205 Å². The smallest absolute Gasteiger partial charge is 0.146 e. The molecule has 1 fully saturated rings. The average molecular weight is 906 g/mol. The summed E-state index contributed by atoms with van der Waals surface area (Å²) in [6, 6.07) is 0. The largest absolute Gasteiger partial charge is 0.355 e. The molecule has 0 aromatic heterocycles. The van der Waals surface area contributed by atoms with E-state index in [1.165, 1.54) is 64.2 Å². The van der Waals surface area contributed by atoms with Gasteiger partial charge in [0.1, 0.15) is 13.6 Å². The van der Waals surface area contributed by atoms with Gasteiger partial charge in [-0.3, -0.25) is 0 Å². The third-order valence-corrected chi connectivity index (χ3v) is 20.3. The van der Waals surface area contributed by atoms with Crippen molar-refractivity contribution >= 4 is 0 Å². The van der Waals surface area contributed by atoms with Gasteiger partial charge in [0, 0.05) is 26.4 Å². The second-order valence-corrected chi connectivity index (χ2v) is 27.8. The lowest BCUT2D eigenvalue weighted by molar-refractivity contribution is -0.0844. The molecule has 0 aromatic rings. The highest BCUT2D eigenvalue weighted by Crippen LogP contribution is 2.59. The molecule has 0 N–H and O–H groups in total.